The summed E-state index contributed by atoms with van der Waals surface area (Å²) < 4.78 is 6.94. The van der Waals surface area contributed by atoms with Gasteiger partial charge in [-0.3, -0.25) is 4.79 Å². The highest BCUT2D eigenvalue weighted by Crippen LogP contribution is 2.29. The number of benzene rings is 2. The molecule has 1 aromatic heterocycles. The Morgan fingerprint density at radius 3 is 2.62 bits per heavy atom. The van der Waals surface area contributed by atoms with E-state index < -0.39 is 5.60 Å². The molecule has 0 radical (unpaired) electrons. The summed E-state index contributed by atoms with van der Waals surface area (Å²) in [7, 11) is 0. The summed E-state index contributed by atoms with van der Waals surface area (Å²) in [6, 6.07) is 17.1. The van der Waals surface area contributed by atoms with Crippen LogP contribution in [0.4, 0.5) is 0 Å². The average molecular weight is 411 g/mol. The highest BCUT2D eigenvalue weighted by Gasteiger charge is 2.37. The average Bonchev–Trinajstić information content (AvgIpc) is 3.06. The Balaban J connectivity index is 1.39. The minimum Gasteiger partial charge on any atom is -0.380 e. The van der Waals surface area contributed by atoms with E-state index in [2.05, 4.69) is 5.10 Å². The third-order valence-corrected chi connectivity index (χ3v) is 5.43. The molecule has 5 nitrogen and oxygen atoms in total. The highest BCUT2D eigenvalue weighted by atomic mass is 35.5. The molecular formula is C23H23ClN2O3. The maximum atomic E-state index is 12.5. The summed E-state index contributed by atoms with van der Waals surface area (Å²) >= 11 is 6.11. The standard InChI is InChI=1S/C23H23ClN2O3/c1-16-11-21(26(25-16)20-4-2-3-19(24)13-20)9-10-22(27)12-17-5-7-18(8-6-17)23(28)14-29-15-23/h2-8,11,13,28H,9-10,12,14-15H2,1H3. The smallest absolute Gasteiger partial charge is 0.137 e. The van der Waals surface area contributed by atoms with Gasteiger partial charge in [0.05, 0.1) is 24.6 Å². The normalized spacial score (nSPS) is 15.1. The molecule has 0 amide bonds. The summed E-state index contributed by atoms with van der Waals surface area (Å²) in [5, 5.41) is 15.5. The van der Waals surface area contributed by atoms with Gasteiger partial charge < -0.3 is 9.84 Å². The number of ketones is 1. The lowest BCUT2D eigenvalue weighted by molar-refractivity contribution is -0.184. The van der Waals surface area contributed by atoms with Crippen molar-refractivity contribution in [1.82, 2.24) is 9.78 Å². The lowest BCUT2D eigenvalue weighted by Gasteiger charge is -2.36. The fourth-order valence-electron chi connectivity index (χ4n) is 3.54. The fraction of sp³-hybridized carbons (Fsp3) is 0.304. The van der Waals surface area contributed by atoms with Crippen LogP contribution in [0, 0.1) is 6.92 Å². The number of aliphatic hydroxyl groups is 1. The van der Waals surface area contributed by atoms with Gasteiger partial charge in [0.1, 0.15) is 11.4 Å². The van der Waals surface area contributed by atoms with Gasteiger partial charge in [0, 0.05) is 23.6 Å². The third-order valence-electron chi connectivity index (χ3n) is 5.19. The first kappa shape index (κ1) is 19.8. The molecule has 1 fully saturated rings. The van der Waals surface area contributed by atoms with Crippen LogP contribution in [0.25, 0.3) is 5.69 Å². The SMILES string of the molecule is Cc1cc(CCC(=O)Cc2ccc(C3(O)COC3)cc2)n(-c2cccc(Cl)c2)n1. The number of aromatic nitrogens is 2. The number of hydrogen-bond acceptors (Lipinski definition) is 4. The van der Waals surface area contributed by atoms with Gasteiger partial charge in [-0.15, -0.1) is 0 Å². The highest BCUT2D eigenvalue weighted by molar-refractivity contribution is 6.30. The molecular weight excluding hydrogens is 388 g/mol. The Kier molecular flexibility index (Phi) is 5.54. The molecule has 29 heavy (non-hydrogen) atoms. The van der Waals surface area contributed by atoms with Crippen LogP contribution < -0.4 is 0 Å². The van der Waals surface area contributed by atoms with Crippen LogP contribution in [0.15, 0.2) is 54.6 Å². The molecule has 0 aliphatic carbocycles. The van der Waals surface area contributed by atoms with Gasteiger partial charge >= 0.3 is 0 Å². The van der Waals surface area contributed by atoms with Crippen LogP contribution in [0.2, 0.25) is 5.02 Å². The van der Waals surface area contributed by atoms with E-state index in [0.717, 1.165) is 28.2 Å². The molecule has 1 saturated heterocycles. The monoisotopic (exact) mass is 410 g/mol. The van der Waals surface area contributed by atoms with Gasteiger partial charge in [-0.05, 0) is 48.7 Å². The predicted molar refractivity (Wildman–Crippen MR) is 112 cm³/mol. The number of hydrogen-bond donors (Lipinski definition) is 1. The van der Waals surface area contributed by atoms with E-state index in [-0.39, 0.29) is 5.78 Å². The van der Waals surface area contributed by atoms with Gasteiger partial charge in [-0.1, -0.05) is 41.9 Å². The molecule has 0 bridgehead atoms. The van der Waals surface area contributed by atoms with Crippen molar-refractivity contribution in [3.63, 3.8) is 0 Å². The van der Waals surface area contributed by atoms with Crippen LogP contribution in [0.5, 0.6) is 0 Å². The first-order chi connectivity index (χ1) is 13.9. The summed E-state index contributed by atoms with van der Waals surface area (Å²) in [5.74, 6) is 0.167. The van der Waals surface area contributed by atoms with Crippen LogP contribution in [-0.4, -0.2) is 33.9 Å². The zero-order valence-electron chi connectivity index (χ0n) is 16.3. The maximum absolute atomic E-state index is 12.5. The van der Waals surface area contributed by atoms with Crippen LogP contribution in [0.1, 0.15) is 28.9 Å². The van der Waals surface area contributed by atoms with Gasteiger partial charge in [0.25, 0.3) is 0 Å². The topological polar surface area (TPSA) is 64.3 Å². The van der Waals surface area contributed by atoms with Crippen molar-refractivity contribution >= 4 is 17.4 Å². The minimum absolute atomic E-state index is 0.167. The lowest BCUT2D eigenvalue weighted by atomic mass is 9.91. The van der Waals surface area contributed by atoms with Crippen LogP contribution in [0.3, 0.4) is 0 Å². The predicted octanol–water partition coefficient (Wildman–Crippen LogP) is 3.80. The fourth-order valence-corrected chi connectivity index (χ4v) is 3.73. The van der Waals surface area contributed by atoms with E-state index in [1.165, 1.54) is 0 Å². The molecule has 150 valence electrons. The van der Waals surface area contributed by atoms with Crippen molar-refractivity contribution in [3.05, 3.63) is 82.1 Å². The number of carbonyl (C=O) groups excluding carboxylic acids is 1. The zero-order valence-corrected chi connectivity index (χ0v) is 17.0. The van der Waals surface area contributed by atoms with E-state index in [1.54, 1.807) is 0 Å². The van der Waals surface area contributed by atoms with Crippen molar-refractivity contribution in [2.24, 2.45) is 0 Å². The van der Waals surface area contributed by atoms with E-state index in [1.807, 2.05) is 66.2 Å². The van der Waals surface area contributed by atoms with Gasteiger partial charge in [0.15, 0.2) is 0 Å². The minimum atomic E-state index is -0.876. The molecule has 0 atom stereocenters. The van der Waals surface area contributed by atoms with E-state index in [4.69, 9.17) is 16.3 Å². The molecule has 2 heterocycles. The van der Waals surface area contributed by atoms with Crippen molar-refractivity contribution < 1.29 is 14.6 Å². The summed E-state index contributed by atoms with van der Waals surface area (Å²) in [6.07, 6.45) is 1.42. The van der Waals surface area contributed by atoms with Gasteiger partial charge in [-0.25, -0.2) is 4.68 Å². The Morgan fingerprint density at radius 1 is 1.21 bits per heavy atom. The van der Waals surface area contributed by atoms with Gasteiger partial charge in [0.2, 0.25) is 0 Å². The Hall–Kier alpha value is -2.47. The van der Waals surface area contributed by atoms with Crippen molar-refractivity contribution in [2.75, 3.05) is 13.2 Å². The Bertz CT molecular complexity index is 1020. The molecule has 4 rings (SSSR count). The Labute approximate surface area is 174 Å². The molecule has 0 unspecified atom stereocenters. The number of carbonyl (C=O) groups is 1. The second-order valence-corrected chi connectivity index (χ2v) is 8.04. The van der Waals surface area contributed by atoms with Crippen LogP contribution >= 0.6 is 11.6 Å². The number of ether oxygens (including phenoxy) is 1. The summed E-state index contributed by atoms with van der Waals surface area (Å²) in [4.78, 5) is 12.5. The van der Waals surface area contributed by atoms with E-state index in [9.17, 15) is 9.90 Å². The quantitative estimate of drug-likeness (QED) is 0.643. The molecule has 0 spiro atoms. The summed E-state index contributed by atoms with van der Waals surface area (Å²) in [6.45, 7) is 2.59. The largest absolute Gasteiger partial charge is 0.380 e. The molecule has 1 aliphatic heterocycles. The Morgan fingerprint density at radius 2 is 1.97 bits per heavy atom. The molecule has 1 aliphatic rings. The number of Topliss-reactive ketones (excluding diaryl/α,β-unsaturated/α-hetero) is 1. The number of nitrogens with zero attached hydrogens (tertiary/aromatic N) is 2. The zero-order chi connectivity index (χ0) is 20.4. The van der Waals surface area contributed by atoms with Crippen LogP contribution in [-0.2, 0) is 28.0 Å². The van der Waals surface area contributed by atoms with Gasteiger partial charge in [-0.2, -0.15) is 5.10 Å². The van der Waals surface area contributed by atoms with Crippen molar-refractivity contribution in [1.29, 1.82) is 0 Å². The summed E-state index contributed by atoms with van der Waals surface area (Å²) in [5.41, 5.74) is 3.69. The van der Waals surface area contributed by atoms with E-state index >= 15 is 0 Å². The lowest BCUT2D eigenvalue weighted by Crippen LogP contribution is -2.46. The third kappa shape index (κ3) is 4.42. The van der Waals surface area contributed by atoms with Crippen molar-refractivity contribution in [2.45, 2.75) is 31.8 Å². The molecule has 6 heteroatoms. The molecule has 1 N–H and O–H groups in total. The van der Waals surface area contributed by atoms with E-state index in [0.29, 0.717) is 37.5 Å². The second-order valence-electron chi connectivity index (χ2n) is 7.61. The first-order valence-corrected chi connectivity index (χ1v) is 10.0. The molecule has 3 aromatic rings. The first-order valence-electron chi connectivity index (χ1n) is 9.66. The molecule has 0 saturated carbocycles. The maximum Gasteiger partial charge on any atom is 0.137 e. The second kappa shape index (κ2) is 8.11. The number of aryl methyl sites for hydroxylation is 2. The van der Waals surface area contributed by atoms with Crippen molar-refractivity contribution in [3.8, 4) is 5.69 Å². The molecule has 2 aromatic carbocycles. The number of rotatable bonds is 7. The number of halogens is 1.